The van der Waals surface area contributed by atoms with Gasteiger partial charge in [0.05, 0.1) is 6.10 Å². The first-order valence-electron chi connectivity index (χ1n) is 12.0. The number of hydrogen-bond acceptors (Lipinski definition) is 4. The summed E-state index contributed by atoms with van der Waals surface area (Å²) < 4.78 is 62.2. The van der Waals surface area contributed by atoms with Crippen molar-refractivity contribution in [2.45, 2.75) is 58.3 Å². The zero-order valence-electron chi connectivity index (χ0n) is 20.6. The van der Waals surface area contributed by atoms with Crippen LogP contribution in [0, 0.1) is 0 Å². The van der Waals surface area contributed by atoms with Crippen molar-refractivity contribution in [3.8, 4) is 17.2 Å². The lowest BCUT2D eigenvalue weighted by atomic mass is 10.1. The van der Waals surface area contributed by atoms with E-state index in [9.17, 15) is 22.7 Å². The van der Waals surface area contributed by atoms with Crippen molar-refractivity contribution in [3.63, 3.8) is 0 Å². The van der Waals surface area contributed by atoms with Crippen LogP contribution in [-0.2, 0) is 13.0 Å². The molecule has 0 heterocycles. The van der Waals surface area contributed by atoms with E-state index in [2.05, 4.69) is 4.74 Å². The number of aryl methyl sites for hydroxylation is 1. The van der Waals surface area contributed by atoms with Gasteiger partial charge in [-0.05, 0) is 66.4 Å². The molecule has 0 saturated heterocycles. The molecule has 3 rings (SSSR count). The number of aliphatic hydroxyl groups is 1. The van der Waals surface area contributed by atoms with E-state index in [0.717, 1.165) is 24.1 Å². The maximum Gasteiger partial charge on any atom is 0.461 e. The predicted octanol–water partition coefficient (Wildman–Crippen LogP) is 8.10. The molecule has 9 heteroatoms. The summed E-state index contributed by atoms with van der Waals surface area (Å²) in [7, 11) is 0. The van der Waals surface area contributed by atoms with Gasteiger partial charge in [0.2, 0.25) is 0 Å². The zero-order chi connectivity index (χ0) is 27.0. The topological polar surface area (TPSA) is 41.9 Å². The maximum atomic E-state index is 13.4. The summed E-state index contributed by atoms with van der Waals surface area (Å²) in [4.78, 5) is 1.87. The summed E-state index contributed by atoms with van der Waals surface area (Å²) in [6, 6.07) is 18.3. The second kappa shape index (κ2) is 13.0. The summed E-state index contributed by atoms with van der Waals surface area (Å²) in [6.45, 7) is 4.43. The molecule has 1 atom stereocenters. The predicted molar refractivity (Wildman–Crippen MR) is 137 cm³/mol. The van der Waals surface area contributed by atoms with Crippen LogP contribution in [0.3, 0.4) is 0 Å². The lowest BCUT2D eigenvalue weighted by Gasteiger charge is -2.28. The van der Waals surface area contributed by atoms with Gasteiger partial charge in [0.1, 0.15) is 17.2 Å². The van der Waals surface area contributed by atoms with Crippen LogP contribution < -0.4 is 14.4 Å². The Balaban J connectivity index is 1.85. The van der Waals surface area contributed by atoms with Crippen LogP contribution in [0.4, 0.5) is 23.2 Å². The highest BCUT2D eigenvalue weighted by Crippen LogP contribution is 2.31. The Kier molecular flexibility index (Phi) is 10.1. The van der Waals surface area contributed by atoms with E-state index in [1.807, 2.05) is 43.0 Å². The van der Waals surface area contributed by atoms with Gasteiger partial charge in [-0.2, -0.15) is 17.6 Å². The van der Waals surface area contributed by atoms with Crippen LogP contribution in [0.25, 0.3) is 0 Å². The fourth-order valence-corrected chi connectivity index (χ4v) is 4.09. The molecule has 1 N–H and O–H groups in total. The van der Waals surface area contributed by atoms with E-state index >= 15 is 0 Å². The van der Waals surface area contributed by atoms with Gasteiger partial charge in [-0.3, -0.25) is 0 Å². The second-order valence-electron chi connectivity index (χ2n) is 8.64. The number of alkyl halides is 4. The minimum Gasteiger partial charge on any atom is -0.457 e. The molecule has 0 aromatic heterocycles. The van der Waals surface area contributed by atoms with Crippen molar-refractivity contribution in [2.24, 2.45) is 0 Å². The molecule has 0 fully saturated rings. The van der Waals surface area contributed by atoms with Crippen LogP contribution in [-0.4, -0.2) is 30.3 Å². The largest absolute Gasteiger partial charge is 0.461 e. The molecule has 3 aromatic carbocycles. The number of halogens is 5. The number of aliphatic hydroxyl groups excluding tert-OH is 1. The van der Waals surface area contributed by atoms with E-state index < -0.39 is 18.6 Å². The van der Waals surface area contributed by atoms with Crippen molar-refractivity contribution >= 4 is 17.3 Å². The quantitative estimate of drug-likeness (QED) is 0.223. The van der Waals surface area contributed by atoms with Gasteiger partial charge in [0, 0.05) is 29.9 Å². The molecule has 0 spiro atoms. The molecule has 3 aromatic rings. The number of hydrogen-bond donors (Lipinski definition) is 1. The van der Waals surface area contributed by atoms with Crippen molar-refractivity contribution in [1.29, 1.82) is 0 Å². The van der Waals surface area contributed by atoms with E-state index in [1.165, 1.54) is 18.2 Å². The van der Waals surface area contributed by atoms with Crippen LogP contribution in [0.15, 0.2) is 66.7 Å². The molecular weight excluding hydrogens is 510 g/mol. The van der Waals surface area contributed by atoms with Gasteiger partial charge in [0.25, 0.3) is 0 Å². The Morgan fingerprint density at radius 3 is 2.35 bits per heavy atom. The Morgan fingerprint density at radius 2 is 1.65 bits per heavy atom. The molecule has 0 radical (unpaired) electrons. The fraction of sp³-hybridized carbons (Fsp3) is 0.357. The third kappa shape index (κ3) is 8.27. The highest BCUT2D eigenvalue weighted by molar-refractivity contribution is 6.31. The third-order valence-corrected chi connectivity index (χ3v) is 6.02. The van der Waals surface area contributed by atoms with Crippen molar-refractivity contribution in [1.82, 2.24) is 0 Å². The summed E-state index contributed by atoms with van der Waals surface area (Å²) in [5, 5.41) is 11.2. The summed E-state index contributed by atoms with van der Waals surface area (Å²) in [5.41, 5.74) is 2.23. The molecule has 1 unspecified atom stereocenters. The molecule has 4 nitrogen and oxygen atoms in total. The van der Waals surface area contributed by atoms with E-state index in [4.69, 9.17) is 16.3 Å². The second-order valence-corrected chi connectivity index (χ2v) is 9.05. The molecular formula is C28H30ClF4NO3. The number of nitrogens with zero attached hydrogens (tertiary/aromatic N) is 1. The Morgan fingerprint density at radius 1 is 0.946 bits per heavy atom. The monoisotopic (exact) mass is 539 g/mol. The summed E-state index contributed by atoms with van der Waals surface area (Å²) in [5.74, 6) is 0.815. The number of rotatable bonds is 13. The highest BCUT2D eigenvalue weighted by atomic mass is 35.5. The minimum absolute atomic E-state index is 0.211. The maximum absolute atomic E-state index is 13.4. The number of anilines is 1. The average Bonchev–Trinajstić information content (AvgIpc) is 2.85. The molecule has 200 valence electrons. The molecule has 0 amide bonds. The van der Waals surface area contributed by atoms with Crippen LogP contribution in [0.5, 0.6) is 17.2 Å². The van der Waals surface area contributed by atoms with Crippen LogP contribution >= 0.6 is 11.6 Å². The lowest BCUT2D eigenvalue weighted by molar-refractivity contribution is -0.253. The smallest absolute Gasteiger partial charge is 0.457 e. The van der Waals surface area contributed by atoms with Gasteiger partial charge >= 0.3 is 12.5 Å². The third-order valence-electron chi connectivity index (χ3n) is 5.65. The Labute approximate surface area is 219 Å². The molecule has 0 saturated carbocycles. The van der Waals surface area contributed by atoms with Crippen molar-refractivity contribution in [3.05, 3.63) is 82.9 Å². The van der Waals surface area contributed by atoms with Gasteiger partial charge < -0.3 is 19.5 Å². The number of ether oxygens (including phenoxy) is 2. The van der Waals surface area contributed by atoms with Gasteiger partial charge in [-0.15, -0.1) is 0 Å². The molecule has 0 aliphatic carbocycles. The molecule has 0 bridgehead atoms. The Hall–Kier alpha value is -2.97. The molecule has 0 aliphatic heterocycles. The first-order chi connectivity index (χ1) is 17.6. The average molecular weight is 540 g/mol. The van der Waals surface area contributed by atoms with Crippen LogP contribution in [0.2, 0.25) is 5.02 Å². The summed E-state index contributed by atoms with van der Waals surface area (Å²) in [6.07, 6.45) is -7.08. The molecule has 37 heavy (non-hydrogen) atoms. The number of benzene rings is 3. The fourth-order valence-electron chi connectivity index (χ4n) is 3.83. The van der Waals surface area contributed by atoms with Gasteiger partial charge in [-0.1, -0.05) is 50.1 Å². The van der Waals surface area contributed by atoms with Crippen LogP contribution in [0.1, 0.15) is 37.8 Å². The van der Waals surface area contributed by atoms with E-state index in [0.29, 0.717) is 28.5 Å². The standard InChI is InChI=1S/C28H30ClF4NO3/c1-3-7-22(35)18-34(17-19-8-5-11-25(14-19)37-28(32,33)27(30)31)21-9-6-10-23(16-21)36-24-12-13-26(29)20(4-2)15-24/h5-6,8-16,22,27,35H,3-4,7,17-18H2,1-2H3. The lowest BCUT2D eigenvalue weighted by Crippen LogP contribution is -2.33. The zero-order valence-corrected chi connectivity index (χ0v) is 21.4. The van der Waals surface area contributed by atoms with E-state index in [1.54, 1.807) is 24.3 Å². The Bertz CT molecular complexity index is 1160. The highest BCUT2D eigenvalue weighted by Gasteiger charge is 2.44. The van der Waals surface area contributed by atoms with Crippen molar-refractivity contribution < 1.29 is 32.1 Å². The first kappa shape index (κ1) is 28.6. The minimum atomic E-state index is -4.60. The normalized spacial score (nSPS) is 12.5. The SMILES string of the molecule is CCCC(O)CN(Cc1cccc(OC(F)(F)C(F)F)c1)c1cccc(Oc2ccc(Cl)c(CC)c2)c1. The van der Waals surface area contributed by atoms with Gasteiger partial charge in [-0.25, -0.2) is 0 Å². The summed E-state index contributed by atoms with van der Waals surface area (Å²) >= 11 is 6.21. The molecule has 0 aliphatic rings. The first-order valence-corrected chi connectivity index (χ1v) is 12.4. The van der Waals surface area contributed by atoms with E-state index in [-0.39, 0.29) is 18.8 Å². The van der Waals surface area contributed by atoms with Crippen molar-refractivity contribution in [2.75, 3.05) is 11.4 Å². The van der Waals surface area contributed by atoms with Gasteiger partial charge in [0.15, 0.2) is 0 Å².